The van der Waals surface area contributed by atoms with Crippen molar-refractivity contribution in [2.75, 3.05) is 4.90 Å². The Morgan fingerprint density at radius 3 is 1.29 bits per heavy atom. The molecule has 6 nitrogen and oxygen atoms in total. The van der Waals surface area contributed by atoms with Crippen LogP contribution in [-0.4, -0.2) is 36.4 Å². The highest BCUT2D eigenvalue weighted by Crippen LogP contribution is 2.30. The van der Waals surface area contributed by atoms with Crippen LogP contribution in [0.25, 0.3) is 12.2 Å². The maximum absolute atomic E-state index is 13.1. The SMILES string of the molecule is C=C(C)C(=O)OC(CCCCCCCCCC)N(c1ccc(C=Cc2ccc(C(=O)C(F)(F)F)cc2)cc1)C(CCCCCCCCCC)OC(=O)C(=C)C. The molecule has 0 aromatic heterocycles. The van der Waals surface area contributed by atoms with E-state index in [2.05, 4.69) is 27.0 Å². The average Bonchev–Trinajstić information content (AvgIpc) is 3.15. The van der Waals surface area contributed by atoms with Gasteiger partial charge >= 0.3 is 18.1 Å². The zero-order valence-electron chi connectivity index (χ0n) is 33.7. The van der Waals surface area contributed by atoms with E-state index in [9.17, 15) is 27.6 Å². The monoisotopic (exact) mass is 767 g/mol. The molecule has 0 radical (unpaired) electrons. The van der Waals surface area contributed by atoms with Crippen molar-refractivity contribution >= 4 is 35.6 Å². The van der Waals surface area contributed by atoms with Gasteiger partial charge in [-0.05, 0) is 49.9 Å². The first-order valence-corrected chi connectivity index (χ1v) is 20.3. The van der Waals surface area contributed by atoms with E-state index in [0.717, 1.165) is 69.1 Å². The average molecular weight is 768 g/mol. The topological polar surface area (TPSA) is 72.9 Å². The fourth-order valence-corrected chi connectivity index (χ4v) is 6.24. The van der Waals surface area contributed by atoms with Gasteiger partial charge in [0, 0.05) is 35.2 Å². The number of ether oxygens (including phenoxy) is 2. The number of anilines is 1. The number of Topliss-reactive ketones (excluding diaryl/α,β-unsaturated/α-hetero) is 1. The second-order valence-electron chi connectivity index (χ2n) is 14.6. The summed E-state index contributed by atoms with van der Waals surface area (Å²) in [5.41, 5.74) is 2.25. The van der Waals surface area contributed by atoms with Crippen LogP contribution in [-0.2, 0) is 19.1 Å². The number of carbonyl (C=O) groups is 3. The van der Waals surface area contributed by atoms with E-state index in [4.69, 9.17) is 9.47 Å². The van der Waals surface area contributed by atoms with Crippen LogP contribution >= 0.6 is 0 Å². The molecule has 2 aromatic rings. The lowest BCUT2D eigenvalue weighted by molar-refractivity contribution is -0.150. The summed E-state index contributed by atoms with van der Waals surface area (Å²) in [5.74, 6) is -2.92. The quantitative estimate of drug-likeness (QED) is 0.0214. The summed E-state index contributed by atoms with van der Waals surface area (Å²) in [6.45, 7) is 15.3. The molecule has 304 valence electrons. The molecule has 2 atom stereocenters. The molecule has 55 heavy (non-hydrogen) atoms. The summed E-state index contributed by atoms with van der Waals surface area (Å²) in [7, 11) is 0. The number of halogens is 3. The summed E-state index contributed by atoms with van der Waals surface area (Å²) in [6.07, 6.45) is 16.0. The molecule has 2 rings (SSSR count). The van der Waals surface area contributed by atoms with Crippen LogP contribution in [0.3, 0.4) is 0 Å². The smallest absolute Gasteiger partial charge is 0.438 e. The summed E-state index contributed by atoms with van der Waals surface area (Å²) >= 11 is 0. The largest absolute Gasteiger partial charge is 0.454 e. The van der Waals surface area contributed by atoms with E-state index >= 15 is 0 Å². The molecule has 0 spiro atoms. The molecule has 0 aliphatic carbocycles. The Morgan fingerprint density at radius 2 is 0.945 bits per heavy atom. The molecule has 0 aliphatic rings. The predicted molar refractivity (Wildman–Crippen MR) is 219 cm³/mol. The number of alkyl halides is 3. The van der Waals surface area contributed by atoms with Gasteiger partial charge < -0.3 is 14.4 Å². The summed E-state index contributed by atoms with van der Waals surface area (Å²) < 4.78 is 50.8. The van der Waals surface area contributed by atoms with Crippen molar-refractivity contribution in [1.29, 1.82) is 0 Å². The van der Waals surface area contributed by atoms with Crippen molar-refractivity contribution in [2.24, 2.45) is 0 Å². The van der Waals surface area contributed by atoms with Gasteiger partial charge in [-0.3, -0.25) is 4.79 Å². The van der Waals surface area contributed by atoms with Crippen LogP contribution in [0, 0.1) is 0 Å². The Bertz CT molecular complexity index is 1440. The molecule has 2 unspecified atom stereocenters. The molecule has 0 saturated heterocycles. The number of hydrogen-bond donors (Lipinski definition) is 0. The highest BCUT2D eigenvalue weighted by molar-refractivity contribution is 6.00. The zero-order valence-corrected chi connectivity index (χ0v) is 33.7. The van der Waals surface area contributed by atoms with Gasteiger partial charge in [-0.1, -0.05) is 165 Å². The standard InChI is InChI=1S/C46H64F3NO5/c1-7-9-11-13-15-17-19-21-23-41(54-44(52)35(3)4)50(42(55-45(53)36(5)6)24-22-20-18-16-14-12-10-8-2)40-33-29-38(30-34-40)26-25-37-27-31-39(32-28-37)43(51)46(47,48)49/h25-34,41-42H,3,5,7-24H2,1-2,4,6H3. The van der Waals surface area contributed by atoms with E-state index in [0.29, 0.717) is 24.1 Å². The summed E-state index contributed by atoms with van der Waals surface area (Å²) in [5, 5.41) is 0. The molecule has 0 heterocycles. The first kappa shape index (κ1) is 47.0. The highest BCUT2D eigenvalue weighted by Gasteiger charge is 2.39. The third kappa shape index (κ3) is 18.4. The summed E-state index contributed by atoms with van der Waals surface area (Å²) in [6, 6.07) is 12.8. The van der Waals surface area contributed by atoms with Gasteiger partial charge in [-0.15, -0.1) is 0 Å². The van der Waals surface area contributed by atoms with Gasteiger partial charge in [0.05, 0.1) is 0 Å². The number of rotatable bonds is 28. The Balaban J connectivity index is 2.42. The van der Waals surface area contributed by atoms with Crippen LogP contribution in [0.5, 0.6) is 0 Å². The highest BCUT2D eigenvalue weighted by atomic mass is 19.4. The van der Waals surface area contributed by atoms with Crippen molar-refractivity contribution in [3.05, 3.63) is 89.5 Å². The fourth-order valence-electron chi connectivity index (χ4n) is 6.24. The Morgan fingerprint density at radius 1 is 0.600 bits per heavy atom. The number of benzene rings is 2. The van der Waals surface area contributed by atoms with Crippen LogP contribution < -0.4 is 4.90 Å². The van der Waals surface area contributed by atoms with Crippen LogP contribution in [0.15, 0.2) is 72.8 Å². The van der Waals surface area contributed by atoms with Crippen molar-refractivity contribution in [2.45, 2.75) is 162 Å². The number of nitrogens with zero attached hydrogens (tertiary/aromatic N) is 1. The van der Waals surface area contributed by atoms with Gasteiger partial charge in [-0.2, -0.15) is 13.2 Å². The Hall–Kier alpha value is -4.14. The number of ketones is 1. The number of unbranched alkanes of at least 4 members (excludes halogenated alkanes) is 14. The lowest BCUT2D eigenvalue weighted by Crippen LogP contribution is -2.48. The molecule has 0 saturated carbocycles. The first-order valence-electron chi connectivity index (χ1n) is 20.3. The Labute approximate surface area is 328 Å². The van der Waals surface area contributed by atoms with Crippen LogP contribution in [0.4, 0.5) is 18.9 Å². The molecule has 0 aliphatic heterocycles. The zero-order chi connectivity index (χ0) is 40.6. The third-order valence-corrected chi connectivity index (χ3v) is 9.50. The van der Waals surface area contributed by atoms with E-state index in [1.54, 1.807) is 19.9 Å². The predicted octanol–water partition coefficient (Wildman–Crippen LogP) is 13.4. The molecule has 0 bridgehead atoms. The molecular weight excluding hydrogens is 704 g/mol. The maximum atomic E-state index is 13.1. The van der Waals surface area contributed by atoms with E-state index in [1.807, 2.05) is 35.2 Å². The molecule has 9 heteroatoms. The minimum atomic E-state index is -4.93. The van der Waals surface area contributed by atoms with Crippen molar-refractivity contribution in [3.63, 3.8) is 0 Å². The molecule has 2 aromatic carbocycles. The Kier molecular flexibility index (Phi) is 22.1. The van der Waals surface area contributed by atoms with Gasteiger partial charge in [0.25, 0.3) is 5.78 Å². The van der Waals surface area contributed by atoms with Crippen LogP contribution in [0.2, 0.25) is 0 Å². The first-order chi connectivity index (χ1) is 26.3. The lowest BCUT2D eigenvalue weighted by atomic mass is 10.0. The minimum Gasteiger partial charge on any atom is -0.438 e. The fraction of sp³-hybridized carbons (Fsp3) is 0.543. The van der Waals surface area contributed by atoms with E-state index in [1.165, 1.54) is 63.5 Å². The van der Waals surface area contributed by atoms with Crippen LogP contribution in [0.1, 0.15) is 165 Å². The second-order valence-corrected chi connectivity index (χ2v) is 14.6. The summed E-state index contributed by atoms with van der Waals surface area (Å²) in [4.78, 5) is 39.7. The van der Waals surface area contributed by atoms with E-state index in [-0.39, 0.29) is 11.1 Å². The van der Waals surface area contributed by atoms with Crippen molar-refractivity contribution in [3.8, 4) is 0 Å². The van der Waals surface area contributed by atoms with Crippen molar-refractivity contribution < 1.29 is 37.0 Å². The molecule has 0 fully saturated rings. The second kappa shape index (κ2) is 25.8. The number of hydrogen-bond acceptors (Lipinski definition) is 6. The van der Waals surface area contributed by atoms with Crippen molar-refractivity contribution in [1.82, 2.24) is 0 Å². The minimum absolute atomic E-state index is 0.274. The van der Waals surface area contributed by atoms with Gasteiger partial charge in [0.15, 0.2) is 12.5 Å². The number of carbonyl (C=O) groups excluding carboxylic acids is 3. The molecule has 0 N–H and O–H groups in total. The maximum Gasteiger partial charge on any atom is 0.454 e. The third-order valence-electron chi connectivity index (χ3n) is 9.50. The normalized spacial score (nSPS) is 12.6. The van der Waals surface area contributed by atoms with Gasteiger partial charge in [-0.25, -0.2) is 9.59 Å². The number of esters is 2. The van der Waals surface area contributed by atoms with Gasteiger partial charge in [0.2, 0.25) is 0 Å². The van der Waals surface area contributed by atoms with E-state index < -0.39 is 41.9 Å². The molecule has 0 amide bonds. The molecular formula is C46H64F3NO5. The lowest BCUT2D eigenvalue weighted by Gasteiger charge is -2.39. The van der Waals surface area contributed by atoms with Gasteiger partial charge in [0.1, 0.15) is 0 Å².